The predicted molar refractivity (Wildman–Crippen MR) is 98.7 cm³/mol. The van der Waals surface area contributed by atoms with E-state index in [4.69, 9.17) is 16.7 Å². The molecule has 0 spiro atoms. The van der Waals surface area contributed by atoms with Crippen molar-refractivity contribution in [2.75, 3.05) is 5.01 Å². The Hall–Kier alpha value is -2.58. The topological polar surface area (TPSA) is 15.6 Å². The summed E-state index contributed by atoms with van der Waals surface area (Å²) in [7, 11) is 0. The van der Waals surface area contributed by atoms with E-state index >= 15 is 0 Å². The Morgan fingerprint density at radius 3 is 1.74 bits per heavy atom. The summed E-state index contributed by atoms with van der Waals surface area (Å²) in [5, 5.41) is 7.45. The lowest BCUT2D eigenvalue weighted by Gasteiger charge is -2.20. The van der Waals surface area contributed by atoms with E-state index in [1.807, 2.05) is 96.9 Å². The normalized spacial score (nSPS) is 11.3. The molecule has 0 atom stereocenters. The summed E-state index contributed by atoms with van der Waals surface area (Å²) < 4.78 is 0. The number of hydrogen-bond donors (Lipinski definition) is 0. The van der Waals surface area contributed by atoms with E-state index in [9.17, 15) is 0 Å². The highest BCUT2D eigenvalue weighted by molar-refractivity contribution is 6.34. The quantitative estimate of drug-likeness (QED) is 0.431. The molecule has 0 saturated carbocycles. The van der Waals surface area contributed by atoms with E-state index < -0.39 is 0 Å². The number of anilines is 2. The lowest BCUT2D eigenvalue weighted by atomic mass is 10.1. The number of hydrazone groups is 1. The van der Waals surface area contributed by atoms with Crippen LogP contribution < -0.4 is 5.01 Å². The molecule has 0 unspecified atom stereocenters. The maximum atomic E-state index is 6.30. The number of halogens is 1. The Kier molecular flexibility index (Phi) is 4.74. The van der Waals surface area contributed by atoms with E-state index in [-0.39, 0.29) is 0 Å². The summed E-state index contributed by atoms with van der Waals surface area (Å²) in [5.41, 5.74) is 3.81. The SMILES string of the molecule is C/C(=N\N(c1ccccc1)c1ccccc1)c1ccccc1Cl. The maximum absolute atomic E-state index is 6.30. The summed E-state index contributed by atoms with van der Waals surface area (Å²) in [4.78, 5) is 0. The zero-order chi connectivity index (χ0) is 16.1. The molecule has 3 rings (SSSR count). The first-order valence-electron chi connectivity index (χ1n) is 7.46. The minimum atomic E-state index is 0.704. The number of rotatable bonds is 4. The van der Waals surface area contributed by atoms with Crippen molar-refractivity contribution >= 4 is 28.7 Å². The first kappa shape index (κ1) is 15.3. The minimum absolute atomic E-state index is 0.704. The molecule has 23 heavy (non-hydrogen) atoms. The molecule has 0 aliphatic rings. The number of benzene rings is 3. The van der Waals surface area contributed by atoms with E-state index in [1.54, 1.807) is 0 Å². The van der Waals surface area contributed by atoms with E-state index in [0.717, 1.165) is 22.6 Å². The highest BCUT2D eigenvalue weighted by Crippen LogP contribution is 2.26. The molecular formula is C20H17ClN2. The predicted octanol–water partition coefficient (Wildman–Crippen LogP) is 5.90. The van der Waals surface area contributed by atoms with Gasteiger partial charge in [-0.05, 0) is 37.3 Å². The highest BCUT2D eigenvalue weighted by Gasteiger charge is 2.10. The molecule has 2 nitrogen and oxygen atoms in total. The van der Waals surface area contributed by atoms with Crippen LogP contribution in [-0.2, 0) is 0 Å². The Balaban J connectivity index is 2.06. The van der Waals surface area contributed by atoms with Crippen LogP contribution in [0, 0.1) is 0 Å². The van der Waals surface area contributed by atoms with Crippen LogP contribution in [-0.4, -0.2) is 5.71 Å². The summed E-state index contributed by atoms with van der Waals surface area (Å²) >= 11 is 6.30. The van der Waals surface area contributed by atoms with Gasteiger partial charge in [0.1, 0.15) is 0 Å². The third-order valence-electron chi connectivity index (χ3n) is 3.52. The lowest BCUT2D eigenvalue weighted by molar-refractivity contribution is 1.08. The van der Waals surface area contributed by atoms with Gasteiger partial charge in [0, 0.05) is 10.6 Å². The fraction of sp³-hybridized carbons (Fsp3) is 0.0500. The van der Waals surface area contributed by atoms with Crippen LogP contribution >= 0.6 is 11.6 Å². The van der Waals surface area contributed by atoms with Crippen molar-refractivity contribution in [2.45, 2.75) is 6.92 Å². The van der Waals surface area contributed by atoms with Crippen LogP contribution in [0.4, 0.5) is 11.4 Å². The van der Waals surface area contributed by atoms with Crippen molar-refractivity contribution in [3.63, 3.8) is 0 Å². The molecule has 0 aliphatic carbocycles. The number of para-hydroxylation sites is 2. The maximum Gasteiger partial charge on any atom is 0.0670 e. The van der Waals surface area contributed by atoms with Gasteiger partial charge in [-0.2, -0.15) is 5.10 Å². The molecular weight excluding hydrogens is 304 g/mol. The molecule has 0 aliphatic heterocycles. The zero-order valence-electron chi connectivity index (χ0n) is 12.9. The lowest BCUT2D eigenvalue weighted by Crippen LogP contribution is -2.12. The fourth-order valence-electron chi connectivity index (χ4n) is 2.36. The molecule has 0 aromatic heterocycles. The van der Waals surface area contributed by atoms with Crippen molar-refractivity contribution in [2.24, 2.45) is 5.10 Å². The third kappa shape index (κ3) is 3.61. The molecule has 3 heteroatoms. The summed E-state index contributed by atoms with van der Waals surface area (Å²) in [6.07, 6.45) is 0. The van der Waals surface area contributed by atoms with E-state index in [2.05, 4.69) is 0 Å². The Morgan fingerprint density at radius 2 is 1.22 bits per heavy atom. The first-order valence-corrected chi connectivity index (χ1v) is 7.84. The smallest absolute Gasteiger partial charge is 0.0670 e. The van der Waals surface area contributed by atoms with Crippen LogP contribution in [0.25, 0.3) is 0 Å². The van der Waals surface area contributed by atoms with E-state index in [0.29, 0.717) is 5.02 Å². The molecule has 3 aromatic carbocycles. The van der Waals surface area contributed by atoms with Gasteiger partial charge in [0.15, 0.2) is 0 Å². The molecule has 0 radical (unpaired) electrons. The van der Waals surface area contributed by atoms with E-state index in [1.165, 1.54) is 0 Å². The third-order valence-corrected chi connectivity index (χ3v) is 3.84. The largest absolute Gasteiger partial charge is 0.234 e. The number of hydrogen-bond acceptors (Lipinski definition) is 2. The van der Waals surface area contributed by atoms with Gasteiger partial charge in [0.2, 0.25) is 0 Å². The van der Waals surface area contributed by atoms with Crippen molar-refractivity contribution in [3.05, 3.63) is 95.5 Å². The second-order valence-corrected chi connectivity index (χ2v) is 5.56. The van der Waals surface area contributed by atoms with Crippen molar-refractivity contribution < 1.29 is 0 Å². The van der Waals surface area contributed by atoms with Crippen LogP contribution in [0.15, 0.2) is 90.0 Å². The monoisotopic (exact) mass is 320 g/mol. The van der Waals surface area contributed by atoms with Gasteiger partial charge in [0.05, 0.1) is 17.1 Å². The first-order chi connectivity index (χ1) is 11.3. The van der Waals surface area contributed by atoms with Crippen molar-refractivity contribution in [1.82, 2.24) is 0 Å². The Bertz CT molecular complexity index is 759. The van der Waals surface area contributed by atoms with Gasteiger partial charge in [-0.3, -0.25) is 0 Å². The zero-order valence-corrected chi connectivity index (χ0v) is 13.6. The molecule has 0 saturated heterocycles. The molecule has 0 amide bonds. The van der Waals surface area contributed by atoms with Gasteiger partial charge in [-0.1, -0.05) is 66.2 Å². The second kappa shape index (κ2) is 7.12. The molecule has 114 valence electrons. The number of nitrogens with zero attached hydrogens (tertiary/aromatic N) is 2. The molecule has 0 bridgehead atoms. The fourth-order valence-corrected chi connectivity index (χ4v) is 2.63. The van der Waals surface area contributed by atoms with Gasteiger partial charge >= 0.3 is 0 Å². The van der Waals surface area contributed by atoms with Crippen molar-refractivity contribution in [3.8, 4) is 0 Å². The molecule has 0 fully saturated rings. The Morgan fingerprint density at radius 1 is 0.739 bits per heavy atom. The highest BCUT2D eigenvalue weighted by atomic mass is 35.5. The van der Waals surface area contributed by atoms with Gasteiger partial charge in [0.25, 0.3) is 0 Å². The average molecular weight is 321 g/mol. The molecule has 3 aromatic rings. The van der Waals surface area contributed by atoms with Crippen molar-refractivity contribution in [1.29, 1.82) is 0 Å². The second-order valence-electron chi connectivity index (χ2n) is 5.15. The minimum Gasteiger partial charge on any atom is -0.234 e. The van der Waals surface area contributed by atoms with Crippen LogP contribution in [0.2, 0.25) is 5.02 Å². The van der Waals surface area contributed by atoms with Gasteiger partial charge < -0.3 is 0 Å². The van der Waals surface area contributed by atoms with Gasteiger partial charge in [-0.25, -0.2) is 5.01 Å². The standard InChI is InChI=1S/C20H17ClN2/c1-16(19-14-8-9-15-20(19)21)22-23(17-10-4-2-5-11-17)18-12-6-3-7-13-18/h2-15H,1H3/b22-16+. The average Bonchev–Trinajstić information content (AvgIpc) is 2.61. The summed E-state index contributed by atoms with van der Waals surface area (Å²) in [6.45, 7) is 1.97. The van der Waals surface area contributed by atoms with Crippen LogP contribution in [0.5, 0.6) is 0 Å². The van der Waals surface area contributed by atoms with Gasteiger partial charge in [-0.15, -0.1) is 0 Å². The molecule has 0 heterocycles. The van der Waals surface area contributed by atoms with Crippen LogP contribution in [0.3, 0.4) is 0 Å². The molecule has 0 N–H and O–H groups in total. The Labute approximate surface area is 141 Å². The van der Waals surface area contributed by atoms with Crippen LogP contribution in [0.1, 0.15) is 12.5 Å². The summed E-state index contributed by atoms with van der Waals surface area (Å²) in [6, 6.07) is 27.9. The summed E-state index contributed by atoms with van der Waals surface area (Å²) in [5.74, 6) is 0.